The molecule has 2 rings (SSSR count). The quantitative estimate of drug-likeness (QED) is 0.215. The van der Waals surface area contributed by atoms with E-state index >= 15 is 0 Å². The van der Waals surface area contributed by atoms with Crippen molar-refractivity contribution in [2.24, 2.45) is 0 Å². The lowest BCUT2D eigenvalue weighted by Crippen LogP contribution is -2.43. The molecule has 2 aromatic rings. The molecule has 0 bridgehead atoms. The minimum atomic E-state index is -1.16. The normalized spacial score (nSPS) is 12.4. The van der Waals surface area contributed by atoms with Crippen molar-refractivity contribution in [3.8, 4) is 0 Å². The summed E-state index contributed by atoms with van der Waals surface area (Å²) in [6.07, 6.45) is 1.35. The predicted octanol–water partition coefficient (Wildman–Crippen LogP) is 2.77. The van der Waals surface area contributed by atoms with Crippen LogP contribution in [0.25, 0.3) is 0 Å². The molecule has 182 valence electrons. The van der Waals surface area contributed by atoms with Crippen molar-refractivity contribution in [1.82, 2.24) is 10.6 Å². The Morgan fingerprint density at radius 3 is 1.32 bits per heavy atom. The van der Waals surface area contributed by atoms with Crippen LogP contribution in [0.3, 0.4) is 0 Å². The maximum Gasteiger partial charge on any atom is 0.327 e. The lowest BCUT2D eigenvalue weighted by atomic mass is 10.1. The average Bonchev–Trinajstić information content (AvgIpc) is 2.83. The predicted molar refractivity (Wildman–Crippen MR) is 134 cm³/mol. The summed E-state index contributed by atoms with van der Waals surface area (Å²) in [4.78, 5) is 47.2. The smallest absolute Gasteiger partial charge is 0.327 e. The van der Waals surface area contributed by atoms with Gasteiger partial charge in [-0.25, -0.2) is 9.59 Å². The van der Waals surface area contributed by atoms with E-state index in [0.717, 1.165) is 32.7 Å². The third-order valence-electron chi connectivity index (χ3n) is 4.79. The first-order valence-electron chi connectivity index (χ1n) is 10.7. The van der Waals surface area contributed by atoms with Crippen LogP contribution in [0.2, 0.25) is 0 Å². The van der Waals surface area contributed by atoms with Crippen LogP contribution in [0.1, 0.15) is 24.0 Å². The number of rotatable bonds is 15. The van der Waals surface area contributed by atoms with Crippen LogP contribution in [-0.2, 0) is 32.0 Å². The van der Waals surface area contributed by atoms with Gasteiger partial charge in [0.2, 0.25) is 11.8 Å². The Morgan fingerprint density at radius 2 is 1.00 bits per heavy atom. The first kappa shape index (κ1) is 27.3. The molecule has 0 aliphatic heterocycles. The van der Waals surface area contributed by atoms with Crippen LogP contribution in [0, 0.1) is 0 Å². The molecule has 10 heteroatoms. The molecule has 0 aliphatic rings. The molecule has 0 aromatic heterocycles. The number of carbonyl (C=O) groups excluding carboxylic acids is 2. The van der Waals surface area contributed by atoms with E-state index in [4.69, 9.17) is 0 Å². The summed E-state index contributed by atoms with van der Waals surface area (Å²) in [6, 6.07) is 16.6. The van der Waals surface area contributed by atoms with E-state index in [1.54, 1.807) is 0 Å². The van der Waals surface area contributed by atoms with Gasteiger partial charge in [0, 0.05) is 24.3 Å². The fraction of sp³-hybridized carbons (Fsp3) is 0.333. The van der Waals surface area contributed by atoms with Gasteiger partial charge in [0.1, 0.15) is 12.1 Å². The fourth-order valence-corrected chi connectivity index (χ4v) is 5.23. The van der Waals surface area contributed by atoms with Gasteiger partial charge in [0.15, 0.2) is 0 Å². The average molecular weight is 505 g/mol. The summed E-state index contributed by atoms with van der Waals surface area (Å²) in [5, 5.41) is 23.8. The number of hydrogen-bond acceptors (Lipinski definition) is 6. The molecule has 2 amide bonds. The zero-order valence-electron chi connectivity index (χ0n) is 18.5. The zero-order valence-corrected chi connectivity index (χ0v) is 20.1. The molecule has 0 saturated carbocycles. The second kappa shape index (κ2) is 15.0. The van der Waals surface area contributed by atoms with E-state index in [1.165, 1.54) is 0 Å². The van der Waals surface area contributed by atoms with Crippen molar-refractivity contribution in [3.05, 3.63) is 71.8 Å². The Labute approximate surface area is 206 Å². The van der Waals surface area contributed by atoms with Crippen LogP contribution in [0.4, 0.5) is 0 Å². The summed E-state index contributed by atoms with van der Waals surface area (Å²) in [5.41, 5.74) is 1.97. The van der Waals surface area contributed by atoms with Crippen LogP contribution in [0.5, 0.6) is 0 Å². The molecule has 8 nitrogen and oxygen atoms in total. The first-order valence-corrected chi connectivity index (χ1v) is 13.2. The van der Waals surface area contributed by atoms with Gasteiger partial charge in [-0.05, 0) is 24.0 Å². The number of carboxylic acids is 2. The number of carboxylic acid groups (broad SMARTS) is 2. The maximum absolute atomic E-state index is 12.1. The van der Waals surface area contributed by atoms with Crippen LogP contribution in [0.15, 0.2) is 60.7 Å². The highest BCUT2D eigenvalue weighted by Crippen LogP contribution is 2.23. The number of benzene rings is 2. The molecule has 0 spiro atoms. The van der Waals surface area contributed by atoms with E-state index in [9.17, 15) is 29.4 Å². The molecule has 2 atom stereocenters. The third-order valence-corrected chi connectivity index (χ3v) is 7.21. The zero-order chi connectivity index (χ0) is 24.8. The van der Waals surface area contributed by atoms with Gasteiger partial charge < -0.3 is 20.8 Å². The Kier molecular flexibility index (Phi) is 12.0. The Balaban J connectivity index is 1.71. The van der Waals surface area contributed by atoms with Gasteiger partial charge in [0.05, 0.1) is 0 Å². The number of carbonyl (C=O) groups is 4. The monoisotopic (exact) mass is 504 g/mol. The van der Waals surface area contributed by atoms with Crippen molar-refractivity contribution in [1.29, 1.82) is 0 Å². The lowest BCUT2D eigenvalue weighted by Gasteiger charge is -2.16. The molecule has 0 saturated heterocycles. The highest BCUT2D eigenvalue weighted by Gasteiger charge is 2.23. The van der Waals surface area contributed by atoms with E-state index in [0.29, 0.717) is 12.8 Å². The third kappa shape index (κ3) is 10.8. The highest BCUT2D eigenvalue weighted by molar-refractivity contribution is 8.76. The Hall–Kier alpha value is -2.98. The summed E-state index contributed by atoms with van der Waals surface area (Å²) >= 11 is 0. The number of amides is 2. The van der Waals surface area contributed by atoms with Crippen LogP contribution < -0.4 is 10.6 Å². The van der Waals surface area contributed by atoms with Gasteiger partial charge in [-0.3, -0.25) is 9.59 Å². The second-order valence-corrected chi connectivity index (χ2v) is 10.0. The molecule has 2 aromatic carbocycles. The maximum atomic E-state index is 12.1. The van der Waals surface area contributed by atoms with Gasteiger partial charge in [-0.15, -0.1) is 0 Å². The highest BCUT2D eigenvalue weighted by atomic mass is 33.1. The van der Waals surface area contributed by atoms with Gasteiger partial charge in [-0.1, -0.05) is 82.3 Å². The van der Waals surface area contributed by atoms with Gasteiger partial charge in [-0.2, -0.15) is 0 Å². The van der Waals surface area contributed by atoms with Crippen molar-refractivity contribution >= 4 is 45.3 Å². The molecule has 0 aliphatic carbocycles. The molecule has 0 heterocycles. The van der Waals surface area contributed by atoms with E-state index in [1.807, 2.05) is 60.7 Å². The van der Waals surface area contributed by atoms with E-state index in [-0.39, 0.29) is 36.2 Å². The largest absolute Gasteiger partial charge is 0.480 e. The number of aliphatic carboxylic acids is 2. The molecule has 0 radical (unpaired) electrons. The topological polar surface area (TPSA) is 133 Å². The minimum absolute atomic E-state index is 0.0609. The van der Waals surface area contributed by atoms with Crippen LogP contribution in [-0.4, -0.2) is 57.6 Å². The molecular formula is C24H28N2O6S2. The van der Waals surface area contributed by atoms with Crippen LogP contribution >= 0.6 is 21.6 Å². The first-order chi connectivity index (χ1) is 16.3. The molecule has 4 N–H and O–H groups in total. The summed E-state index contributed by atoms with van der Waals surface area (Å²) in [7, 11) is 2.27. The van der Waals surface area contributed by atoms with Crippen molar-refractivity contribution in [2.45, 2.75) is 37.8 Å². The fourth-order valence-electron chi connectivity index (χ4n) is 2.92. The second-order valence-electron chi connectivity index (χ2n) is 7.46. The van der Waals surface area contributed by atoms with E-state index < -0.39 is 24.0 Å². The van der Waals surface area contributed by atoms with Gasteiger partial charge in [0.25, 0.3) is 0 Å². The Morgan fingerprint density at radius 1 is 0.647 bits per heavy atom. The Bertz CT molecular complexity index is 865. The molecule has 0 fully saturated rings. The summed E-state index contributed by atoms with van der Waals surface area (Å²) in [5.74, 6) is -2.93. The van der Waals surface area contributed by atoms with Crippen molar-refractivity contribution in [2.75, 3.05) is 11.5 Å². The SMILES string of the molecule is O=C(CCc1ccccc1)N[C@@H](CSSC[C@H](NC(=O)CCc1ccccc1)C(=O)O)C(=O)O. The van der Waals surface area contributed by atoms with Crippen molar-refractivity contribution < 1.29 is 29.4 Å². The number of hydrogen-bond donors (Lipinski definition) is 4. The number of aryl methyl sites for hydroxylation is 2. The van der Waals surface area contributed by atoms with Gasteiger partial charge >= 0.3 is 11.9 Å². The summed E-state index contributed by atoms with van der Waals surface area (Å²) < 4.78 is 0. The molecule has 0 unspecified atom stereocenters. The molecule has 34 heavy (non-hydrogen) atoms. The van der Waals surface area contributed by atoms with E-state index in [2.05, 4.69) is 10.6 Å². The number of nitrogens with one attached hydrogen (secondary N) is 2. The minimum Gasteiger partial charge on any atom is -0.480 e. The summed E-state index contributed by atoms with van der Waals surface area (Å²) in [6.45, 7) is 0. The molecular weight excluding hydrogens is 476 g/mol. The van der Waals surface area contributed by atoms with Crippen molar-refractivity contribution in [3.63, 3.8) is 0 Å². The lowest BCUT2D eigenvalue weighted by molar-refractivity contribution is -0.141. The standard InChI is InChI=1S/C24H28N2O6S2/c27-21(13-11-17-7-3-1-4-8-17)25-19(23(29)30)15-33-34-16-20(24(31)32)26-22(28)14-12-18-9-5-2-6-10-18/h1-10,19-20H,11-16H2,(H,25,27)(H,26,28)(H,29,30)(H,31,32)/t19-,20-/m0/s1.